The van der Waals surface area contributed by atoms with Gasteiger partial charge in [0.2, 0.25) is 0 Å². The Kier molecular flexibility index (Phi) is 4.52. The average molecular weight is 293 g/mol. The summed E-state index contributed by atoms with van der Waals surface area (Å²) in [6, 6.07) is 4.41. The molecule has 0 saturated carbocycles. The first-order valence-corrected chi connectivity index (χ1v) is 6.71. The Hall–Kier alpha value is -2.44. The van der Waals surface area contributed by atoms with Crippen molar-refractivity contribution in [2.45, 2.75) is 19.9 Å². The highest BCUT2D eigenvalue weighted by molar-refractivity contribution is 5.98. The maximum Gasteiger partial charge on any atom is 0.252 e. The molecule has 0 bridgehead atoms. The highest BCUT2D eigenvalue weighted by Gasteiger charge is 2.22. The second-order valence-electron chi connectivity index (χ2n) is 5.08. The molecule has 7 nitrogen and oxygen atoms in total. The molecule has 0 radical (unpaired) electrons. The standard InChI is InChI=1S/C14H19N3O4/c1-8(2)12(13(15)17-19)16-14(18)9-3-4-10-11(7-9)21-6-5-20-10/h3-4,7-8,12,19H,5-6H2,1-2H3,(H2,15,17)(H,16,18). The van der Waals surface area contributed by atoms with E-state index in [9.17, 15) is 4.79 Å². The van der Waals surface area contributed by atoms with E-state index in [1.165, 1.54) is 0 Å². The van der Waals surface area contributed by atoms with E-state index < -0.39 is 6.04 Å². The van der Waals surface area contributed by atoms with Gasteiger partial charge in [-0.2, -0.15) is 0 Å². The molecule has 1 heterocycles. The number of hydrogen-bond acceptors (Lipinski definition) is 5. The van der Waals surface area contributed by atoms with Crippen molar-refractivity contribution in [2.24, 2.45) is 16.8 Å². The molecule has 1 atom stereocenters. The fourth-order valence-electron chi connectivity index (χ4n) is 2.05. The minimum absolute atomic E-state index is 0.0120. The number of amides is 1. The number of carbonyl (C=O) groups is 1. The highest BCUT2D eigenvalue weighted by Crippen LogP contribution is 2.30. The van der Waals surface area contributed by atoms with Crippen molar-refractivity contribution in [3.05, 3.63) is 23.8 Å². The van der Waals surface area contributed by atoms with E-state index in [0.29, 0.717) is 30.3 Å². The molecule has 0 spiro atoms. The van der Waals surface area contributed by atoms with Crippen molar-refractivity contribution in [1.82, 2.24) is 5.32 Å². The molecule has 1 aromatic carbocycles. The quantitative estimate of drug-likeness (QED) is 0.332. The normalized spacial score (nSPS) is 15.7. The number of amidine groups is 1. The van der Waals surface area contributed by atoms with Crippen LogP contribution in [0, 0.1) is 5.92 Å². The number of nitrogens with two attached hydrogens (primary N) is 1. The third-order valence-electron chi connectivity index (χ3n) is 3.19. The zero-order chi connectivity index (χ0) is 15.4. The predicted molar refractivity (Wildman–Crippen MR) is 76.9 cm³/mol. The fourth-order valence-corrected chi connectivity index (χ4v) is 2.05. The van der Waals surface area contributed by atoms with Gasteiger partial charge in [0, 0.05) is 5.56 Å². The summed E-state index contributed by atoms with van der Waals surface area (Å²) in [5, 5.41) is 14.5. The lowest BCUT2D eigenvalue weighted by molar-refractivity contribution is 0.0937. The second kappa shape index (κ2) is 6.34. The van der Waals surface area contributed by atoms with Gasteiger partial charge in [-0.3, -0.25) is 4.79 Å². The van der Waals surface area contributed by atoms with Crippen molar-refractivity contribution in [3.8, 4) is 11.5 Å². The number of oxime groups is 1. The van der Waals surface area contributed by atoms with Crippen LogP contribution in [0.4, 0.5) is 0 Å². The topological polar surface area (TPSA) is 106 Å². The van der Waals surface area contributed by atoms with Gasteiger partial charge in [0.05, 0.1) is 6.04 Å². The smallest absolute Gasteiger partial charge is 0.252 e. The Morgan fingerprint density at radius 2 is 2.00 bits per heavy atom. The molecule has 7 heteroatoms. The number of nitrogens with one attached hydrogen (secondary N) is 1. The van der Waals surface area contributed by atoms with E-state index >= 15 is 0 Å². The van der Waals surface area contributed by atoms with Gasteiger partial charge < -0.3 is 25.7 Å². The number of carbonyl (C=O) groups excluding carboxylic acids is 1. The number of rotatable bonds is 4. The Bertz CT molecular complexity index is 557. The van der Waals surface area contributed by atoms with Crippen LogP contribution in [0.1, 0.15) is 24.2 Å². The van der Waals surface area contributed by atoms with Crippen LogP contribution in [0.2, 0.25) is 0 Å². The summed E-state index contributed by atoms with van der Waals surface area (Å²) in [7, 11) is 0. The van der Waals surface area contributed by atoms with Gasteiger partial charge in [0.25, 0.3) is 5.91 Å². The zero-order valence-corrected chi connectivity index (χ0v) is 12.0. The molecule has 1 aliphatic heterocycles. The summed E-state index contributed by atoms with van der Waals surface area (Å²) in [5.41, 5.74) is 6.02. The second-order valence-corrected chi connectivity index (χ2v) is 5.08. The molecule has 1 aliphatic rings. The van der Waals surface area contributed by atoms with Crippen molar-refractivity contribution >= 4 is 11.7 Å². The molecule has 0 aromatic heterocycles. The zero-order valence-electron chi connectivity index (χ0n) is 12.0. The molecule has 0 fully saturated rings. The molecule has 1 amide bonds. The van der Waals surface area contributed by atoms with E-state index in [-0.39, 0.29) is 17.7 Å². The highest BCUT2D eigenvalue weighted by atomic mass is 16.6. The first-order chi connectivity index (χ1) is 10.0. The average Bonchev–Trinajstić information content (AvgIpc) is 2.50. The molecule has 0 aliphatic carbocycles. The van der Waals surface area contributed by atoms with Gasteiger partial charge in [-0.15, -0.1) is 0 Å². The van der Waals surface area contributed by atoms with Gasteiger partial charge in [-0.1, -0.05) is 19.0 Å². The third kappa shape index (κ3) is 3.36. The van der Waals surface area contributed by atoms with Crippen LogP contribution in [0.5, 0.6) is 11.5 Å². The van der Waals surface area contributed by atoms with Gasteiger partial charge in [0.15, 0.2) is 17.3 Å². The first kappa shape index (κ1) is 15.0. The van der Waals surface area contributed by atoms with Crippen LogP contribution in [0.25, 0.3) is 0 Å². The molecular weight excluding hydrogens is 274 g/mol. The maximum atomic E-state index is 12.3. The van der Waals surface area contributed by atoms with Crippen molar-refractivity contribution < 1.29 is 19.5 Å². The lowest BCUT2D eigenvalue weighted by atomic mass is 10.0. The fraction of sp³-hybridized carbons (Fsp3) is 0.429. The van der Waals surface area contributed by atoms with E-state index in [1.54, 1.807) is 18.2 Å². The molecular formula is C14H19N3O4. The summed E-state index contributed by atoms with van der Waals surface area (Å²) >= 11 is 0. The molecule has 4 N–H and O–H groups in total. The lowest BCUT2D eigenvalue weighted by Gasteiger charge is -2.22. The molecule has 21 heavy (non-hydrogen) atoms. The minimum atomic E-state index is -0.546. The van der Waals surface area contributed by atoms with Crippen LogP contribution in [-0.4, -0.2) is 36.2 Å². The number of fused-ring (bicyclic) bond motifs is 1. The molecule has 0 saturated heterocycles. The Morgan fingerprint density at radius 3 is 2.62 bits per heavy atom. The summed E-state index contributed by atoms with van der Waals surface area (Å²) in [6.45, 7) is 4.69. The minimum Gasteiger partial charge on any atom is -0.486 e. The van der Waals surface area contributed by atoms with E-state index in [2.05, 4.69) is 10.5 Å². The van der Waals surface area contributed by atoms with Crippen LogP contribution in [-0.2, 0) is 0 Å². The predicted octanol–water partition coefficient (Wildman–Crippen LogP) is 0.959. The van der Waals surface area contributed by atoms with Gasteiger partial charge in [-0.25, -0.2) is 0 Å². The molecule has 114 valence electrons. The van der Waals surface area contributed by atoms with Crippen LogP contribution in [0.3, 0.4) is 0 Å². The van der Waals surface area contributed by atoms with Crippen molar-refractivity contribution in [1.29, 1.82) is 0 Å². The van der Waals surface area contributed by atoms with Gasteiger partial charge in [-0.05, 0) is 24.1 Å². The largest absolute Gasteiger partial charge is 0.486 e. The van der Waals surface area contributed by atoms with Crippen molar-refractivity contribution in [2.75, 3.05) is 13.2 Å². The van der Waals surface area contributed by atoms with Crippen molar-refractivity contribution in [3.63, 3.8) is 0 Å². The Morgan fingerprint density at radius 1 is 1.33 bits per heavy atom. The molecule has 1 unspecified atom stereocenters. The SMILES string of the molecule is CC(C)C(NC(=O)c1ccc2c(c1)OCCO2)C(N)=NO. The monoisotopic (exact) mass is 293 g/mol. The summed E-state index contributed by atoms with van der Waals surface area (Å²) in [4.78, 5) is 12.3. The summed E-state index contributed by atoms with van der Waals surface area (Å²) < 4.78 is 10.8. The van der Waals surface area contributed by atoms with Crippen LogP contribution < -0.4 is 20.5 Å². The van der Waals surface area contributed by atoms with E-state index in [0.717, 1.165) is 0 Å². The lowest BCUT2D eigenvalue weighted by Crippen LogP contribution is -2.47. The third-order valence-corrected chi connectivity index (χ3v) is 3.19. The first-order valence-electron chi connectivity index (χ1n) is 6.71. The van der Waals surface area contributed by atoms with E-state index in [1.807, 2.05) is 13.8 Å². The van der Waals surface area contributed by atoms with Gasteiger partial charge in [0.1, 0.15) is 13.2 Å². The number of nitrogens with zero attached hydrogens (tertiary/aromatic N) is 1. The molecule has 1 aromatic rings. The van der Waals surface area contributed by atoms with Crippen LogP contribution >= 0.6 is 0 Å². The van der Waals surface area contributed by atoms with Gasteiger partial charge >= 0.3 is 0 Å². The summed E-state index contributed by atoms with van der Waals surface area (Å²) in [5.74, 6) is 0.795. The maximum absolute atomic E-state index is 12.3. The molecule has 2 rings (SSSR count). The number of ether oxygens (including phenoxy) is 2. The Labute approximate surface area is 122 Å². The van der Waals surface area contributed by atoms with E-state index in [4.69, 9.17) is 20.4 Å². The van der Waals surface area contributed by atoms with Crippen LogP contribution in [0.15, 0.2) is 23.4 Å². The Balaban J connectivity index is 2.16. The summed E-state index contributed by atoms with van der Waals surface area (Å²) in [6.07, 6.45) is 0. The number of benzene rings is 1. The number of hydrogen-bond donors (Lipinski definition) is 3.